The summed E-state index contributed by atoms with van der Waals surface area (Å²) in [7, 11) is 0. The predicted molar refractivity (Wildman–Crippen MR) is 60.7 cm³/mol. The van der Waals surface area contributed by atoms with Crippen LogP contribution in [-0.4, -0.2) is 30.1 Å². The summed E-state index contributed by atoms with van der Waals surface area (Å²) in [5, 5.41) is 12.1. The highest BCUT2D eigenvalue weighted by molar-refractivity contribution is 5.85. The van der Waals surface area contributed by atoms with Gasteiger partial charge in [-0.05, 0) is 0 Å². The van der Waals surface area contributed by atoms with Crippen LogP contribution >= 0.6 is 24.8 Å². The van der Waals surface area contributed by atoms with Crippen molar-refractivity contribution in [1.29, 1.82) is 0 Å². The van der Waals surface area contributed by atoms with Gasteiger partial charge in [-0.1, -0.05) is 13.8 Å². The molecule has 1 aliphatic rings. The van der Waals surface area contributed by atoms with E-state index in [1.165, 1.54) is 0 Å². The fourth-order valence-corrected chi connectivity index (χ4v) is 0.933. The van der Waals surface area contributed by atoms with Crippen molar-refractivity contribution in [1.82, 2.24) is 11.5 Å². The number of nitrogens with zero attached hydrogens (tertiary/aromatic N) is 1. The highest BCUT2D eigenvalue weighted by Crippen LogP contribution is 1.99. The van der Waals surface area contributed by atoms with Gasteiger partial charge >= 0.3 is 0 Å². The minimum absolute atomic E-state index is 0. The third-order valence-electron chi connectivity index (χ3n) is 1.54. The molecule has 0 bridgehead atoms. The van der Waals surface area contributed by atoms with E-state index in [2.05, 4.69) is 24.2 Å². The molecule has 0 aliphatic carbocycles. The van der Waals surface area contributed by atoms with E-state index in [0.29, 0.717) is 19.0 Å². The molecule has 0 fully saturated rings. The molecule has 5 N–H and O–H groups in total. The lowest BCUT2D eigenvalue weighted by Gasteiger charge is -2.20. The summed E-state index contributed by atoms with van der Waals surface area (Å²) < 4.78 is 0. The molecule has 82 valence electrons. The molecule has 0 saturated heterocycles. The van der Waals surface area contributed by atoms with Crippen LogP contribution in [0.4, 0.5) is 0 Å². The molecule has 1 aliphatic heterocycles. The van der Waals surface area contributed by atoms with Gasteiger partial charge in [0.2, 0.25) is 0 Å². The lowest BCUT2D eigenvalue weighted by atomic mass is 10.1. The zero-order valence-electron chi connectivity index (χ0n) is 7.99. The van der Waals surface area contributed by atoms with Gasteiger partial charge in [0.15, 0.2) is 0 Å². The van der Waals surface area contributed by atoms with Crippen molar-refractivity contribution in [3.05, 3.63) is 0 Å². The lowest BCUT2D eigenvalue weighted by molar-refractivity contribution is 0.180. The van der Waals surface area contributed by atoms with Crippen molar-refractivity contribution in [2.45, 2.75) is 20.0 Å². The molecule has 0 radical (unpaired) electrons. The molecule has 0 aromatic heterocycles. The van der Waals surface area contributed by atoms with Crippen molar-refractivity contribution in [2.75, 3.05) is 13.1 Å². The van der Waals surface area contributed by atoms with Crippen LogP contribution in [0, 0.1) is 5.92 Å². The molecular weight excluding hydrogens is 213 g/mol. The Morgan fingerprint density at radius 3 is 2.31 bits per heavy atom. The Morgan fingerprint density at radius 2 is 2.00 bits per heavy atom. The molecule has 4 nitrogen and oxygen atoms in total. The van der Waals surface area contributed by atoms with Gasteiger partial charge in [0, 0.05) is 12.5 Å². The second-order valence-corrected chi connectivity index (χ2v) is 2.92. The first-order chi connectivity index (χ1) is 4.70. The number of nitrogens with one attached hydrogen (secondary N) is 1. The molecule has 1 atom stereocenters. The van der Waals surface area contributed by atoms with Crippen LogP contribution in [0.5, 0.6) is 0 Å². The van der Waals surface area contributed by atoms with Gasteiger partial charge in [-0.15, -0.1) is 24.8 Å². The van der Waals surface area contributed by atoms with Gasteiger partial charge in [0.25, 0.3) is 0 Å². The molecule has 0 spiro atoms. The van der Waals surface area contributed by atoms with Crippen molar-refractivity contribution >= 4 is 30.6 Å². The van der Waals surface area contributed by atoms with Crippen LogP contribution in [0.25, 0.3) is 0 Å². The van der Waals surface area contributed by atoms with E-state index in [1.807, 2.05) is 0 Å². The molecule has 0 saturated carbocycles. The van der Waals surface area contributed by atoms with Crippen LogP contribution in [0.2, 0.25) is 0 Å². The minimum atomic E-state index is -0.289. The molecule has 1 unspecified atom stereocenters. The normalized spacial score (nSPS) is 20.0. The van der Waals surface area contributed by atoms with Crippen molar-refractivity contribution in [3.63, 3.8) is 0 Å². The average molecular weight is 232 g/mol. The largest absolute Gasteiger partial charge is 0.389 e. The van der Waals surface area contributed by atoms with Gasteiger partial charge in [-0.25, -0.2) is 0 Å². The molecule has 0 amide bonds. The van der Waals surface area contributed by atoms with Crippen LogP contribution in [-0.2, 0) is 0 Å². The maximum Gasteiger partial charge on any atom is 0.0990 e. The molecule has 6 heteroatoms. The standard InChI is InChI=1S/C7H14N2O.2ClH.H3N/c1-5(2)7-8-3-6(10)4-9-7;;;/h5-6,10H,3-4H2,1-2H3,(H,8,9);2*1H;1H3. The second kappa shape index (κ2) is 8.56. The Hall–Kier alpha value is -0.0300. The third-order valence-corrected chi connectivity index (χ3v) is 1.54. The fourth-order valence-electron chi connectivity index (χ4n) is 0.933. The smallest absolute Gasteiger partial charge is 0.0990 e. The van der Waals surface area contributed by atoms with Crippen LogP contribution in [0.3, 0.4) is 0 Å². The van der Waals surface area contributed by atoms with Crippen molar-refractivity contribution < 1.29 is 5.11 Å². The van der Waals surface area contributed by atoms with Gasteiger partial charge in [0.05, 0.1) is 18.5 Å². The molecule has 13 heavy (non-hydrogen) atoms. The van der Waals surface area contributed by atoms with Gasteiger partial charge in [-0.3, -0.25) is 4.99 Å². The fraction of sp³-hybridized carbons (Fsp3) is 0.857. The number of halogens is 2. The Kier molecular flexibility index (Phi) is 12.3. The molecule has 0 aromatic carbocycles. The number of β-amino-alcohol motifs (C(OH)–C–C–N with tert-alkyl or cyclic N) is 1. The Labute approximate surface area is 91.6 Å². The van der Waals surface area contributed by atoms with Crippen LogP contribution in [0.15, 0.2) is 4.99 Å². The number of aliphatic imine (C=N–C) groups is 1. The predicted octanol–water partition coefficient (Wildman–Crippen LogP) is 1.01. The van der Waals surface area contributed by atoms with E-state index in [4.69, 9.17) is 5.11 Å². The Balaban J connectivity index is -0.000000333. The summed E-state index contributed by atoms with van der Waals surface area (Å²) in [6.07, 6.45) is -0.289. The maximum absolute atomic E-state index is 9.04. The van der Waals surface area contributed by atoms with Gasteiger partial charge in [0.1, 0.15) is 0 Å². The molecule has 0 aromatic rings. The number of aliphatic hydroxyl groups excluding tert-OH is 1. The SMILES string of the molecule is CC(C)C1=NCC(O)CN1.Cl.Cl.N. The summed E-state index contributed by atoms with van der Waals surface area (Å²) in [5.74, 6) is 1.47. The Morgan fingerprint density at radius 1 is 1.46 bits per heavy atom. The monoisotopic (exact) mass is 231 g/mol. The zero-order chi connectivity index (χ0) is 7.56. The topological polar surface area (TPSA) is 79.6 Å². The average Bonchev–Trinajstić information content (AvgIpc) is 1.88. The number of hydrogen-bond donors (Lipinski definition) is 3. The summed E-state index contributed by atoms with van der Waals surface area (Å²) in [4.78, 5) is 4.17. The maximum atomic E-state index is 9.04. The van der Waals surface area contributed by atoms with Crippen molar-refractivity contribution in [2.24, 2.45) is 10.9 Å². The highest BCUT2D eigenvalue weighted by Gasteiger charge is 2.13. The van der Waals surface area contributed by atoms with Gasteiger partial charge < -0.3 is 16.6 Å². The van der Waals surface area contributed by atoms with E-state index in [-0.39, 0.29) is 37.1 Å². The first kappa shape index (κ1) is 18.7. The highest BCUT2D eigenvalue weighted by atomic mass is 35.5. The molecular formula is C7H19Cl2N3O. The first-order valence-electron chi connectivity index (χ1n) is 3.66. The zero-order valence-corrected chi connectivity index (χ0v) is 9.62. The number of amidine groups is 1. The quantitative estimate of drug-likeness (QED) is 0.631. The summed E-state index contributed by atoms with van der Waals surface area (Å²) >= 11 is 0. The van der Waals surface area contributed by atoms with Crippen molar-refractivity contribution in [3.8, 4) is 0 Å². The van der Waals surface area contributed by atoms with E-state index < -0.39 is 0 Å². The molecule has 1 heterocycles. The van der Waals surface area contributed by atoms with Crippen LogP contribution in [0.1, 0.15) is 13.8 Å². The Bertz CT molecular complexity index is 153. The lowest BCUT2D eigenvalue weighted by Crippen LogP contribution is -2.41. The minimum Gasteiger partial charge on any atom is -0.389 e. The van der Waals surface area contributed by atoms with E-state index in [9.17, 15) is 0 Å². The molecule has 1 rings (SSSR count). The number of aliphatic hydroxyl groups is 1. The van der Waals surface area contributed by atoms with E-state index in [0.717, 1.165) is 5.84 Å². The first-order valence-corrected chi connectivity index (χ1v) is 3.66. The van der Waals surface area contributed by atoms with Crippen LogP contribution < -0.4 is 11.5 Å². The number of hydrogen-bond acceptors (Lipinski definition) is 4. The second-order valence-electron chi connectivity index (χ2n) is 2.92. The van der Waals surface area contributed by atoms with E-state index in [1.54, 1.807) is 0 Å². The summed E-state index contributed by atoms with van der Waals surface area (Å²) in [6, 6.07) is 0. The summed E-state index contributed by atoms with van der Waals surface area (Å²) in [6.45, 7) is 5.38. The van der Waals surface area contributed by atoms with Gasteiger partial charge in [-0.2, -0.15) is 0 Å². The number of rotatable bonds is 1. The third kappa shape index (κ3) is 6.10. The van der Waals surface area contributed by atoms with E-state index >= 15 is 0 Å². The summed E-state index contributed by atoms with van der Waals surface area (Å²) in [5.41, 5.74) is 0.